The van der Waals surface area contributed by atoms with E-state index in [0.29, 0.717) is 12.5 Å². The Morgan fingerprint density at radius 1 is 1.08 bits per heavy atom. The van der Waals surface area contributed by atoms with Gasteiger partial charge in [0.25, 0.3) is 0 Å². The molecule has 1 fully saturated rings. The molecule has 3 nitrogen and oxygen atoms in total. The molecule has 0 aromatic heterocycles. The summed E-state index contributed by atoms with van der Waals surface area (Å²) in [7, 11) is 0. The second-order valence-electron chi connectivity index (χ2n) is 6.46. The number of benzene rings is 2. The largest absolute Gasteiger partial charge is 0.508 e. The Morgan fingerprint density at radius 3 is 2.48 bits per heavy atom. The molecular formula is C20H25ClFNO2. The molecule has 1 saturated heterocycles. The van der Waals surface area contributed by atoms with Crippen molar-refractivity contribution in [3.63, 3.8) is 0 Å². The smallest absolute Gasteiger partial charge is 0.123 e. The molecule has 0 saturated carbocycles. The van der Waals surface area contributed by atoms with Crippen molar-refractivity contribution < 1.29 is 14.2 Å². The van der Waals surface area contributed by atoms with E-state index in [1.54, 1.807) is 36.4 Å². The Balaban J connectivity index is 0.00000225. The topological polar surface area (TPSA) is 32.7 Å². The van der Waals surface area contributed by atoms with Crippen LogP contribution in [0.1, 0.15) is 18.4 Å². The molecule has 0 atom stereocenters. The first-order valence-electron chi connectivity index (χ1n) is 8.58. The first-order valence-corrected chi connectivity index (χ1v) is 8.58. The van der Waals surface area contributed by atoms with Crippen molar-refractivity contribution in [2.24, 2.45) is 5.92 Å². The molecule has 3 rings (SSSR count). The van der Waals surface area contributed by atoms with Gasteiger partial charge in [-0.2, -0.15) is 0 Å². The number of rotatable bonds is 6. The summed E-state index contributed by atoms with van der Waals surface area (Å²) in [5.41, 5.74) is 1.10. The number of halogens is 2. The monoisotopic (exact) mass is 365 g/mol. The highest BCUT2D eigenvalue weighted by molar-refractivity contribution is 5.85. The third kappa shape index (κ3) is 6.22. The van der Waals surface area contributed by atoms with E-state index in [0.717, 1.165) is 50.2 Å². The standard InChI is InChI=1S/C20H24FNO2.ClH/c21-18-3-1-2-17(15-18)14-16-8-10-22(11-9-16)12-13-24-20-6-4-19(23)5-7-20;/h1-7,15-16,23H,8-14H2;1H. The fourth-order valence-corrected chi connectivity index (χ4v) is 3.25. The SMILES string of the molecule is Cl.Oc1ccc(OCCN2CCC(Cc3cccc(F)c3)CC2)cc1. The molecule has 1 aliphatic heterocycles. The molecule has 0 aliphatic carbocycles. The Morgan fingerprint density at radius 2 is 1.80 bits per heavy atom. The predicted molar refractivity (Wildman–Crippen MR) is 100 cm³/mol. The maximum atomic E-state index is 13.2. The zero-order chi connectivity index (χ0) is 16.8. The van der Waals surface area contributed by atoms with Crippen molar-refractivity contribution in [3.8, 4) is 11.5 Å². The summed E-state index contributed by atoms with van der Waals surface area (Å²) in [5.74, 6) is 1.54. The molecule has 1 heterocycles. The Kier molecular flexibility index (Phi) is 7.53. The Hall–Kier alpha value is -1.78. The van der Waals surface area contributed by atoms with Gasteiger partial charge in [0, 0.05) is 6.54 Å². The first kappa shape index (κ1) is 19.5. The van der Waals surface area contributed by atoms with Gasteiger partial charge in [0.15, 0.2) is 0 Å². The molecule has 0 spiro atoms. The summed E-state index contributed by atoms with van der Waals surface area (Å²) < 4.78 is 19.0. The number of hydrogen-bond acceptors (Lipinski definition) is 3. The second kappa shape index (κ2) is 9.64. The van der Waals surface area contributed by atoms with Crippen LogP contribution in [0, 0.1) is 11.7 Å². The van der Waals surface area contributed by atoms with Crippen molar-refractivity contribution in [2.75, 3.05) is 26.2 Å². The van der Waals surface area contributed by atoms with Gasteiger partial charge < -0.3 is 9.84 Å². The van der Waals surface area contributed by atoms with Crippen LogP contribution in [0.25, 0.3) is 0 Å². The molecule has 25 heavy (non-hydrogen) atoms. The van der Waals surface area contributed by atoms with Crippen LogP contribution < -0.4 is 4.74 Å². The van der Waals surface area contributed by atoms with Crippen LogP contribution in [0.15, 0.2) is 48.5 Å². The van der Waals surface area contributed by atoms with Gasteiger partial charge in [0.2, 0.25) is 0 Å². The van der Waals surface area contributed by atoms with Crippen LogP contribution in [0.3, 0.4) is 0 Å². The minimum atomic E-state index is -0.142. The lowest BCUT2D eigenvalue weighted by molar-refractivity contribution is 0.155. The highest BCUT2D eigenvalue weighted by Crippen LogP contribution is 2.22. The summed E-state index contributed by atoms with van der Waals surface area (Å²) >= 11 is 0. The minimum absolute atomic E-state index is 0. The van der Waals surface area contributed by atoms with Crippen LogP contribution in [-0.4, -0.2) is 36.2 Å². The normalized spacial score (nSPS) is 15.6. The number of ether oxygens (including phenoxy) is 1. The van der Waals surface area contributed by atoms with E-state index < -0.39 is 0 Å². The van der Waals surface area contributed by atoms with E-state index in [1.807, 2.05) is 6.07 Å². The highest BCUT2D eigenvalue weighted by Gasteiger charge is 2.19. The molecule has 5 heteroatoms. The average molecular weight is 366 g/mol. The summed E-state index contributed by atoms with van der Waals surface area (Å²) in [5, 5.41) is 9.25. The van der Waals surface area contributed by atoms with Crippen LogP contribution >= 0.6 is 12.4 Å². The number of likely N-dealkylation sites (tertiary alicyclic amines) is 1. The van der Waals surface area contributed by atoms with E-state index in [1.165, 1.54) is 6.07 Å². The fraction of sp³-hybridized carbons (Fsp3) is 0.400. The van der Waals surface area contributed by atoms with Crippen LogP contribution in [0.4, 0.5) is 4.39 Å². The van der Waals surface area contributed by atoms with Crippen molar-refractivity contribution in [3.05, 3.63) is 59.9 Å². The number of phenolic OH excluding ortho intramolecular Hbond substituents is 1. The molecule has 2 aromatic carbocycles. The number of piperidine rings is 1. The van der Waals surface area contributed by atoms with E-state index in [4.69, 9.17) is 4.74 Å². The number of hydrogen-bond donors (Lipinski definition) is 1. The van der Waals surface area contributed by atoms with E-state index in [2.05, 4.69) is 4.90 Å². The number of nitrogens with zero attached hydrogens (tertiary/aromatic N) is 1. The Bertz CT molecular complexity index is 642. The maximum absolute atomic E-state index is 13.2. The van der Waals surface area contributed by atoms with Gasteiger partial charge in [0.1, 0.15) is 23.9 Å². The first-order chi connectivity index (χ1) is 11.7. The molecule has 0 bridgehead atoms. The lowest BCUT2D eigenvalue weighted by atomic mass is 9.90. The van der Waals surface area contributed by atoms with Crippen LogP contribution in [0.2, 0.25) is 0 Å². The van der Waals surface area contributed by atoms with Gasteiger partial charge in [-0.25, -0.2) is 4.39 Å². The van der Waals surface area contributed by atoms with Crippen molar-refractivity contribution in [2.45, 2.75) is 19.3 Å². The molecule has 1 N–H and O–H groups in total. The predicted octanol–water partition coefficient (Wildman–Crippen LogP) is 4.29. The van der Waals surface area contributed by atoms with E-state index in [9.17, 15) is 9.50 Å². The van der Waals surface area contributed by atoms with Crippen molar-refractivity contribution in [1.29, 1.82) is 0 Å². The summed E-state index contributed by atoms with van der Waals surface area (Å²) in [6.07, 6.45) is 3.26. The maximum Gasteiger partial charge on any atom is 0.123 e. The quantitative estimate of drug-likeness (QED) is 0.829. The third-order valence-corrected chi connectivity index (χ3v) is 4.63. The average Bonchev–Trinajstić information content (AvgIpc) is 2.58. The number of aromatic hydroxyl groups is 1. The number of phenols is 1. The fourth-order valence-electron chi connectivity index (χ4n) is 3.25. The van der Waals surface area contributed by atoms with E-state index in [-0.39, 0.29) is 24.0 Å². The Labute approximate surface area is 154 Å². The lowest BCUT2D eigenvalue weighted by Crippen LogP contribution is -2.37. The van der Waals surface area contributed by atoms with Gasteiger partial charge in [-0.15, -0.1) is 12.4 Å². The lowest BCUT2D eigenvalue weighted by Gasteiger charge is -2.31. The third-order valence-electron chi connectivity index (χ3n) is 4.63. The van der Waals surface area contributed by atoms with E-state index >= 15 is 0 Å². The summed E-state index contributed by atoms with van der Waals surface area (Å²) in [6, 6.07) is 13.8. The molecule has 136 valence electrons. The summed E-state index contributed by atoms with van der Waals surface area (Å²) in [6.45, 7) is 3.70. The van der Waals surface area contributed by atoms with Crippen molar-refractivity contribution >= 4 is 12.4 Å². The van der Waals surface area contributed by atoms with Gasteiger partial charge in [-0.3, -0.25) is 4.90 Å². The zero-order valence-electron chi connectivity index (χ0n) is 14.2. The molecule has 0 amide bonds. The molecule has 0 radical (unpaired) electrons. The molecular weight excluding hydrogens is 341 g/mol. The van der Waals surface area contributed by atoms with Gasteiger partial charge in [-0.05, 0) is 80.2 Å². The summed E-state index contributed by atoms with van der Waals surface area (Å²) in [4.78, 5) is 2.42. The molecule has 2 aromatic rings. The van der Waals surface area contributed by atoms with Gasteiger partial charge >= 0.3 is 0 Å². The van der Waals surface area contributed by atoms with Gasteiger partial charge in [0.05, 0.1) is 0 Å². The highest BCUT2D eigenvalue weighted by atomic mass is 35.5. The molecule has 0 unspecified atom stereocenters. The van der Waals surface area contributed by atoms with Gasteiger partial charge in [-0.1, -0.05) is 12.1 Å². The zero-order valence-corrected chi connectivity index (χ0v) is 15.1. The van der Waals surface area contributed by atoms with Crippen LogP contribution in [0.5, 0.6) is 11.5 Å². The minimum Gasteiger partial charge on any atom is -0.508 e. The van der Waals surface area contributed by atoms with Crippen LogP contribution in [-0.2, 0) is 6.42 Å². The van der Waals surface area contributed by atoms with Crippen molar-refractivity contribution in [1.82, 2.24) is 4.90 Å². The second-order valence-corrected chi connectivity index (χ2v) is 6.46. The molecule has 1 aliphatic rings.